The van der Waals surface area contributed by atoms with Gasteiger partial charge in [0, 0.05) is 0 Å². The van der Waals surface area contributed by atoms with E-state index in [9.17, 15) is 5.11 Å². The van der Waals surface area contributed by atoms with Crippen LogP contribution in [0.3, 0.4) is 0 Å². The lowest BCUT2D eigenvalue weighted by atomic mass is 9.54. The predicted molar refractivity (Wildman–Crippen MR) is 88.7 cm³/mol. The first kappa shape index (κ1) is 14.8. The fourth-order valence-electron chi connectivity index (χ4n) is 4.45. The van der Waals surface area contributed by atoms with Gasteiger partial charge in [-0.1, -0.05) is 45.5 Å². The first-order chi connectivity index (χ1) is 9.75. The van der Waals surface area contributed by atoms with Crippen molar-refractivity contribution >= 4 is 0 Å². The maximum Gasteiger partial charge on any atom is 0.0829 e. The van der Waals surface area contributed by atoms with Crippen molar-refractivity contribution < 1.29 is 5.11 Å². The Morgan fingerprint density at radius 2 is 1.95 bits per heavy atom. The van der Waals surface area contributed by atoms with Crippen LogP contribution in [0.15, 0.2) is 30.4 Å². The summed E-state index contributed by atoms with van der Waals surface area (Å²) in [6.45, 7) is 13.1. The summed E-state index contributed by atoms with van der Waals surface area (Å²) >= 11 is 0. The molecule has 1 nitrogen and oxygen atoms in total. The van der Waals surface area contributed by atoms with E-state index in [0.717, 1.165) is 31.3 Å². The summed E-state index contributed by atoms with van der Waals surface area (Å²) in [5.41, 5.74) is 4.99. The van der Waals surface area contributed by atoms with Crippen molar-refractivity contribution in [2.24, 2.45) is 5.92 Å². The van der Waals surface area contributed by atoms with E-state index in [1.165, 1.54) is 16.7 Å². The molecule has 0 saturated heterocycles. The molecule has 0 unspecified atom stereocenters. The lowest BCUT2D eigenvalue weighted by Gasteiger charge is -2.52. The van der Waals surface area contributed by atoms with Gasteiger partial charge in [0.25, 0.3) is 0 Å². The molecule has 1 aromatic carbocycles. The van der Waals surface area contributed by atoms with Gasteiger partial charge in [0.05, 0.1) is 5.60 Å². The number of hydrogen-bond donors (Lipinski definition) is 1. The van der Waals surface area contributed by atoms with E-state index in [0.29, 0.717) is 11.8 Å². The minimum absolute atomic E-state index is 0.155. The van der Waals surface area contributed by atoms with Crippen LogP contribution in [0.1, 0.15) is 69.6 Å². The van der Waals surface area contributed by atoms with E-state index in [2.05, 4.69) is 45.5 Å². The molecule has 2 aliphatic rings. The molecule has 1 heteroatoms. The summed E-state index contributed by atoms with van der Waals surface area (Å²) in [5, 5.41) is 10.6. The van der Waals surface area contributed by atoms with Crippen LogP contribution in [0.25, 0.3) is 0 Å². The Balaban J connectivity index is 2.05. The van der Waals surface area contributed by atoms with Crippen molar-refractivity contribution in [2.75, 3.05) is 0 Å². The largest absolute Gasteiger partial charge is 0.386 e. The molecular formula is C20H28O. The number of benzene rings is 1. The van der Waals surface area contributed by atoms with E-state index in [1.807, 2.05) is 6.92 Å². The van der Waals surface area contributed by atoms with Crippen LogP contribution in [0.4, 0.5) is 0 Å². The first-order valence-electron chi connectivity index (χ1n) is 8.30. The second-order valence-corrected chi connectivity index (χ2v) is 7.88. The molecule has 1 aromatic rings. The molecule has 0 bridgehead atoms. The van der Waals surface area contributed by atoms with Gasteiger partial charge in [0.1, 0.15) is 0 Å². The summed E-state index contributed by atoms with van der Waals surface area (Å²) in [6.07, 6.45) is 4.12. The predicted octanol–water partition coefficient (Wildman–Crippen LogP) is 4.73. The number of rotatable bonds is 1. The number of fused-ring (bicyclic) bond motifs is 3. The van der Waals surface area contributed by atoms with Crippen LogP contribution < -0.4 is 0 Å². The van der Waals surface area contributed by atoms with Crippen molar-refractivity contribution in [1.29, 1.82) is 0 Å². The molecule has 2 aliphatic carbocycles. The third-order valence-corrected chi connectivity index (χ3v) is 6.13. The van der Waals surface area contributed by atoms with E-state index in [1.54, 1.807) is 0 Å². The Kier molecular flexibility index (Phi) is 3.33. The van der Waals surface area contributed by atoms with Gasteiger partial charge in [-0.2, -0.15) is 0 Å². The minimum atomic E-state index is -0.681. The third kappa shape index (κ3) is 2.17. The van der Waals surface area contributed by atoms with Crippen LogP contribution in [-0.2, 0) is 11.8 Å². The van der Waals surface area contributed by atoms with E-state index >= 15 is 0 Å². The van der Waals surface area contributed by atoms with Gasteiger partial charge in [-0.3, -0.25) is 0 Å². The molecule has 114 valence electrons. The SMILES string of the molecule is C=C1[C@@H]2CCc3cc(C(C)C)ccc3[C@@]2(C)CC[C@@]1(C)O. The molecule has 3 atom stereocenters. The highest BCUT2D eigenvalue weighted by Crippen LogP contribution is 2.54. The van der Waals surface area contributed by atoms with Crippen LogP contribution in [0.2, 0.25) is 0 Å². The fourth-order valence-corrected chi connectivity index (χ4v) is 4.45. The van der Waals surface area contributed by atoms with E-state index < -0.39 is 5.60 Å². The number of aryl methyl sites for hydroxylation is 1. The highest BCUT2D eigenvalue weighted by molar-refractivity contribution is 5.44. The van der Waals surface area contributed by atoms with E-state index in [-0.39, 0.29) is 5.41 Å². The Hall–Kier alpha value is -1.08. The highest BCUT2D eigenvalue weighted by atomic mass is 16.3. The van der Waals surface area contributed by atoms with Crippen molar-refractivity contribution in [1.82, 2.24) is 0 Å². The fraction of sp³-hybridized carbons (Fsp3) is 0.600. The van der Waals surface area contributed by atoms with Gasteiger partial charge in [-0.25, -0.2) is 0 Å². The molecule has 0 aromatic heterocycles. The number of hydrogen-bond acceptors (Lipinski definition) is 1. The van der Waals surface area contributed by atoms with Gasteiger partial charge in [-0.15, -0.1) is 0 Å². The molecule has 21 heavy (non-hydrogen) atoms. The Bertz CT molecular complexity index is 582. The molecule has 0 aliphatic heterocycles. The zero-order chi connectivity index (χ0) is 15.4. The second-order valence-electron chi connectivity index (χ2n) is 7.88. The summed E-state index contributed by atoms with van der Waals surface area (Å²) in [5.74, 6) is 1.00. The summed E-state index contributed by atoms with van der Waals surface area (Å²) in [6, 6.07) is 7.06. The minimum Gasteiger partial charge on any atom is -0.386 e. The van der Waals surface area contributed by atoms with Crippen LogP contribution >= 0.6 is 0 Å². The standard InChI is InChI=1S/C20H28O/c1-13(2)15-6-9-18-16(12-15)7-8-17-14(3)20(5,21)11-10-19(17,18)4/h6,9,12-13,17,21H,3,7-8,10-11H2,1-2,4-5H3/t17-,19-,20+/m0/s1. The van der Waals surface area contributed by atoms with Crippen molar-refractivity contribution in [3.05, 3.63) is 47.0 Å². The molecule has 0 spiro atoms. The maximum atomic E-state index is 10.6. The normalized spacial score (nSPS) is 35.5. The monoisotopic (exact) mass is 284 g/mol. The molecule has 1 fully saturated rings. The Morgan fingerprint density at radius 1 is 1.24 bits per heavy atom. The third-order valence-electron chi connectivity index (χ3n) is 6.13. The molecule has 0 amide bonds. The van der Waals surface area contributed by atoms with Gasteiger partial charge in [0.2, 0.25) is 0 Å². The summed E-state index contributed by atoms with van der Waals surface area (Å²) < 4.78 is 0. The second kappa shape index (κ2) is 4.71. The molecule has 0 heterocycles. The first-order valence-corrected chi connectivity index (χ1v) is 8.30. The Morgan fingerprint density at radius 3 is 2.62 bits per heavy atom. The van der Waals surface area contributed by atoms with Crippen molar-refractivity contribution in [3.8, 4) is 0 Å². The average molecular weight is 284 g/mol. The van der Waals surface area contributed by atoms with Crippen molar-refractivity contribution in [2.45, 2.75) is 70.3 Å². The maximum absolute atomic E-state index is 10.6. The Labute approximate surface area is 129 Å². The smallest absolute Gasteiger partial charge is 0.0829 e. The molecular weight excluding hydrogens is 256 g/mol. The summed E-state index contributed by atoms with van der Waals surface area (Å²) in [4.78, 5) is 0. The van der Waals surface area contributed by atoms with Gasteiger partial charge >= 0.3 is 0 Å². The van der Waals surface area contributed by atoms with Crippen LogP contribution in [0.5, 0.6) is 0 Å². The van der Waals surface area contributed by atoms with Gasteiger partial charge in [0.15, 0.2) is 0 Å². The zero-order valence-electron chi connectivity index (χ0n) is 13.9. The van der Waals surface area contributed by atoms with Crippen LogP contribution in [0, 0.1) is 5.92 Å². The summed E-state index contributed by atoms with van der Waals surface area (Å²) in [7, 11) is 0. The van der Waals surface area contributed by atoms with Gasteiger partial charge in [-0.05, 0) is 72.1 Å². The quantitative estimate of drug-likeness (QED) is 0.739. The molecule has 1 saturated carbocycles. The van der Waals surface area contributed by atoms with Gasteiger partial charge < -0.3 is 5.11 Å². The zero-order valence-corrected chi connectivity index (χ0v) is 13.9. The molecule has 0 radical (unpaired) electrons. The lowest BCUT2D eigenvalue weighted by Crippen LogP contribution is -2.49. The molecule has 3 rings (SSSR count). The number of aliphatic hydroxyl groups is 1. The van der Waals surface area contributed by atoms with E-state index in [4.69, 9.17) is 0 Å². The average Bonchev–Trinajstić information content (AvgIpc) is 2.43. The topological polar surface area (TPSA) is 20.2 Å². The van der Waals surface area contributed by atoms with Crippen LogP contribution in [-0.4, -0.2) is 10.7 Å². The van der Waals surface area contributed by atoms with Crippen molar-refractivity contribution in [3.63, 3.8) is 0 Å². The lowest BCUT2D eigenvalue weighted by molar-refractivity contribution is 0.0264. The molecule has 1 N–H and O–H groups in total. The highest BCUT2D eigenvalue weighted by Gasteiger charge is 2.49.